The van der Waals surface area contributed by atoms with E-state index >= 15 is 0 Å². The van der Waals surface area contributed by atoms with Crippen molar-refractivity contribution in [2.45, 2.75) is 45.1 Å². The maximum Gasteiger partial charge on any atom is 0.411 e. The van der Waals surface area contributed by atoms with Crippen molar-refractivity contribution in [3.05, 3.63) is 36.2 Å². The maximum atomic E-state index is 12.5. The standard InChI is InChI=1S/C26H34N6O2S/c1-18-23(31-26(33)34-21-5-3-2-4-6-21)15-20(17-29-18)19-7-8-22-24(16-19)35-25(30-22)28-11-14-32-12-9-27-10-13-32/h7-8,15-17,21,27H,2-6,9-14H2,1H3,(H,28,30)(H,31,33). The summed E-state index contributed by atoms with van der Waals surface area (Å²) in [4.78, 5) is 24.2. The van der Waals surface area contributed by atoms with Gasteiger partial charge >= 0.3 is 6.09 Å². The number of fused-ring (bicyclic) bond motifs is 1. The predicted molar refractivity (Wildman–Crippen MR) is 142 cm³/mol. The molecule has 3 aromatic rings. The van der Waals surface area contributed by atoms with Crippen LogP contribution in [0.1, 0.15) is 37.8 Å². The largest absolute Gasteiger partial charge is 0.446 e. The molecule has 2 aromatic heterocycles. The normalized spacial score (nSPS) is 17.4. The molecule has 3 N–H and O–H groups in total. The number of nitrogens with one attached hydrogen (secondary N) is 3. The van der Waals surface area contributed by atoms with Gasteiger partial charge < -0.3 is 15.4 Å². The van der Waals surface area contributed by atoms with Gasteiger partial charge in [0.15, 0.2) is 5.13 Å². The van der Waals surface area contributed by atoms with Gasteiger partial charge in [-0.1, -0.05) is 23.8 Å². The molecule has 1 amide bonds. The molecule has 1 saturated heterocycles. The molecule has 0 unspecified atom stereocenters. The van der Waals surface area contributed by atoms with Crippen LogP contribution in [0.3, 0.4) is 0 Å². The van der Waals surface area contributed by atoms with Crippen molar-refractivity contribution in [1.82, 2.24) is 20.2 Å². The highest BCUT2D eigenvalue weighted by atomic mass is 32.1. The number of nitrogens with zero attached hydrogens (tertiary/aromatic N) is 3. The molecule has 0 radical (unpaired) electrons. The number of anilines is 2. The number of hydrogen-bond acceptors (Lipinski definition) is 8. The van der Waals surface area contributed by atoms with Gasteiger partial charge in [-0.25, -0.2) is 9.78 Å². The summed E-state index contributed by atoms with van der Waals surface area (Å²) >= 11 is 1.67. The monoisotopic (exact) mass is 494 g/mol. The summed E-state index contributed by atoms with van der Waals surface area (Å²) in [6.45, 7) is 8.14. The van der Waals surface area contributed by atoms with Crippen molar-refractivity contribution in [1.29, 1.82) is 0 Å². The number of thiazole rings is 1. The Balaban J connectivity index is 1.23. The molecule has 35 heavy (non-hydrogen) atoms. The van der Waals surface area contributed by atoms with Crippen LogP contribution in [0.2, 0.25) is 0 Å². The Morgan fingerprint density at radius 1 is 1.17 bits per heavy atom. The molecule has 5 rings (SSSR count). The number of aromatic nitrogens is 2. The first kappa shape index (κ1) is 24.0. The van der Waals surface area contributed by atoms with Gasteiger partial charge in [-0.05, 0) is 56.4 Å². The molecule has 2 fully saturated rings. The van der Waals surface area contributed by atoms with Crippen molar-refractivity contribution < 1.29 is 9.53 Å². The van der Waals surface area contributed by atoms with E-state index in [9.17, 15) is 4.79 Å². The average Bonchev–Trinajstić information content (AvgIpc) is 3.28. The molecule has 1 aromatic carbocycles. The minimum Gasteiger partial charge on any atom is -0.446 e. The molecule has 186 valence electrons. The summed E-state index contributed by atoms with van der Waals surface area (Å²) in [6.07, 6.45) is 6.86. The van der Waals surface area contributed by atoms with Gasteiger partial charge in [0.25, 0.3) is 0 Å². The second-order valence-electron chi connectivity index (χ2n) is 9.37. The van der Waals surface area contributed by atoms with Gasteiger partial charge in [-0.2, -0.15) is 0 Å². The fraction of sp³-hybridized carbons (Fsp3) is 0.500. The first-order valence-corrected chi connectivity index (χ1v) is 13.5. The molecule has 8 nitrogen and oxygen atoms in total. The third-order valence-corrected chi connectivity index (χ3v) is 7.76. The van der Waals surface area contributed by atoms with E-state index in [2.05, 4.69) is 38.0 Å². The third kappa shape index (κ3) is 6.28. The number of carbonyl (C=O) groups is 1. The number of aryl methyl sites for hydroxylation is 1. The summed E-state index contributed by atoms with van der Waals surface area (Å²) in [5.74, 6) is 0. The molecular formula is C26H34N6O2S. The molecule has 0 bridgehead atoms. The topological polar surface area (TPSA) is 91.4 Å². The van der Waals surface area contributed by atoms with E-state index < -0.39 is 6.09 Å². The molecule has 3 heterocycles. The Kier molecular flexibility index (Phi) is 7.75. The van der Waals surface area contributed by atoms with Crippen molar-refractivity contribution in [2.24, 2.45) is 0 Å². The molecule has 1 aliphatic heterocycles. The molecule has 0 spiro atoms. The number of rotatable bonds is 7. The maximum absolute atomic E-state index is 12.5. The number of carbonyl (C=O) groups excluding carboxylic acids is 1. The Morgan fingerprint density at radius 3 is 2.83 bits per heavy atom. The van der Waals surface area contributed by atoms with Gasteiger partial charge in [0.1, 0.15) is 6.10 Å². The van der Waals surface area contributed by atoms with Crippen molar-refractivity contribution in [3.8, 4) is 11.1 Å². The summed E-state index contributed by atoms with van der Waals surface area (Å²) in [7, 11) is 0. The number of pyridine rings is 1. The van der Waals surface area contributed by atoms with E-state index in [1.807, 2.05) is 25.3 Å². The van der Waals surface area contributed by atoms with E-state index in [1.165, 1.54) is 6.42 Å². The van der Waals surface area contributed by atoms with Crippen molar-refractivity contribution in [2.75, 3.05) is 49.9 Å². The van der Waals surface area contributed by atoms with Gasteiger partial charge in [0.2, 0.25) is 0 Å². The van der Waals surface area contributed by atoms with E-state index in [0.717, 1.165) is 97.1 Å². The zero-order valence-electron chi connectivity index (χ0n) is 20.3. The fourth-order valence-corrected chi connectivity index (χ4v) is 5.66. The quantitative estimate of drug-likeness (QED) is 0.432. The van der Waals surface area contributed by atoms with Crippen LogP contribution < -0.4 is 16.0 Å². The van der Waals surface area contributed by atoms with E-state index in [-0.39, 0.29) is 6.10 Å². The van der Waals surface area contributed by atoms with E-state index in [1.54, 1.807) is 11.3 Å². The van der Waals surface area contributed by atoms with Crippen LogP contribution in [0.4, 0.5) is 15.6 Å². The van der Waals surface area contributed by atoms with Crippen LogP contribution in [-0.2, 0) is 4.74 Å². The number of ether oxygens (including phenoxy) is 1. The minimum atomic E-state index is -0.395. The second-order valence-corrected chi connectivity index (χ2v) is 10.4. The van der Waals surface area contributed by atoms with Crippen LogP contribution in [0.5, 0.6) is 0 Å². The lowest BCUT2D eigenvalue weighted by Crippen LogP contribution is -2.45. The molecule has 2 aliphatic rings. The predicted octanol–water partition coefficient (Wildman–Crippen LogP) is 4.87. The minimum absolute atomic E-state index is 0.0219. The Labute approximate surface area is 210 Å². The van der Waals surface area contributed by atoms with E-state index in [0.29, 0.717) is 5.69 Å². The molecule has 0 atom stereocenters. The van der Waals surface area contributed by atoms with Gasteiger partial charge in [-0.3, -0.25) is 15.2 Å². The summed E-state index contributed by atoms with van der Waals surface area (Å²) < 4.78 is 6.75. The van der Waals surface area contributed by atoms with Crippen LogP contribution in [0, 0.1) is 6.92 Å². The lowest BCUT2D eigenvalue weighted by atomic mass is 9.98. The third-order valence-electron chi connectivity index (χ3n) is 6.79. The van der Waals surface area contributed by atoms with Crippen LogP contribution in [-0.4, -0.2) is 66.3 Å². The van der Waals surface area contributed by atoms with Gasteiger partial charge in [0.05, 0.1) is 21.6 Å². The van der Waals surface area contributed by atoms with Crippen LogP contribution in [0.25, 0.3) is 21.3 Å². The molecule has 9 heteroatoms. The van der Waals surface area contributed by atoms with E-state index in [4.69, 9.17) is 9.72 Å². The number of benzene rings is 1. The second kappa shape index (κ2) is 11.3. The van der Waals surface area contributed by atoms with Crippen LogP contribution >= 0.6 is 11.3 Å². The number of hydrogen-bond donors (Lipinski definition) is 3. The Morgan fingerprint density at radius 2 is 2.00 bits per heavy atom. The summed E-state index contributed by atoms with van der Waals surface area (Å²) in [6, 6.07) is 8.22. The highest BCUT2D eigenvalue weighted by Gasteiger charge is 2.18. The highest BCUT2D eigenvalue weighted by molar-refractivity contribution is 7.22. The van der Waals surface area contributed by atoms with Crippen molar-refractivity contribution in [3.63, 3.8) is 0 Å². The average molecular weight is 495 g/mol. The molecular weight excluding hydrogens is 460 g/mol. The van der Waals surface area contributed by atoms with Crippen molar-refractivity contribution >= 4 is 38.5 Å². The Bertz CT molecular complexity index is 1150. The van der Waals surface area contributed by atoms with Crippen LogP contribution in [0.15, 0.2) is 30.5 Å². The summed E-state index contributed by atoms with van der Waals surface area (Å²) in [5.41, 5.74) is 4.43. The Hall–Kier alpha value is -2.75. The number of amides is 1. The van der Waals surface area contributed by atoms with Gasteiger partial charge in [-0.15, -0.1) is 0 Å². The SMILES string of the molecule is Cc1ncc(-c2ccc3nc(NCCN4CCNCC4)sc3c2)cc1NC(=O)OC1CCCCC1. The molecule has 1 aliphatic carbocycles. The lowest BCUT2D eigenvalue weighted by molar-refractivity contribution is 0.0865. The summed E-state index contributed by atoms with van der Waals surface area (Å²) in [5, 5.41) is 10.7. The first-order chi connectivity index (χ1) is 17.1. The lowest BCUT2D eigenvalue weighted by Gasteiger charge is -2.26. The zero-order chi connectivity index (χ0) is 24.0. The first-order valence-electron chi connectivity index (χ1n) is 12.7. The fourth-order valence-electron chi connectivity index (χ4n) is 4.73. The smallest absolute Gasteiger partial charge is 0.411 e. The van der Waals surface area contributed by atoms with Gasteiger partial charge in [0, 0.05) is 51.0 Å². The highest BCUT2D eigenvalue weighted by Crippen LogP contribution is 2.32. The zero-order valence-corrected chi connectivity index (χ0v) is 21.1. The number of piperazine rings is 1. The molecule has 1 saturated carbocycles.